The van der Waals surface area contributed by atoms with Crippen molar-refractivity contribution in [1.29, 1.82) is 0 Å². The highest BCUT2D eigenvalue weighted by molar-refractivity contribution is 8.00. The SMILES string of the molecule is Cc1cc(N2CC3(CCCC(N4CC(C)(F)C4)C3)C2)c(Cl)c(F)c1SNc1cccc(F)n1. The maximum atomic E-state index is 15.2. The van der Waals surface area contributed by atoms with Crippen molar-refractivity contribution in [1.82, 2.24) is 9.88 Å². The zero-order valence-electron chi connectivity index (χ0n) is 18.8. The molecule has 3 fully saturated rings. The summed E-state index contributed by atoms with van der Waals surface area (Å²) in [6, 6.07) is 6.78. The van der Waals surface area contributed by atoms with Crippen LogP contribution in [-0.2, 0) is 0 Å². The van der Waals surface area contributed by atoms with Gasteiger partial charge in [0, 0.05) is 37.6 Å². The third-order valence-electron chi connectivity index (χ3n) is 7.19. The third kappa shape index (κ3) is 4.54. The van der Waals surface area contributed by atoms with Crippen LogP contribution in [-0.4, -0.2) is 47.8 Å². The van der Waals surface area contributed by atoms with Crippen LogP contribution in [0.4, 0.5) is 24.7 Å². The van der Waals surface area contributed by atoms with Gasteiger partial charge >= 0.3 is 0 Å². The van der Waals surface area contributed by atoms with Crippen molar-refractivity contribution < 1.29 is 13.2 Å². The quantitative estimate of drug-likeness (QED) is 0.391. The average molecular weight is 497 g/mol. The van der Waals surface area contributed by atoms with E-state index in [-0.39, 0.29) is 10.4 Å². The van der Waals surface area contributed by atoms with Crippen LogP contribution >= 0.6 is 23.5 Å². The Morgan fingerprint density at radius 2 is 1.97 bits per heavy atom. The van der Waals surface area contributed by atoms with E-state index in [2.05, 4.69) is 19.5 Å². The summed E-state index contributed by atoms with van der Waals surface area (Å²) < 4.78 is 45.4. The van der Waals surface area contributed by atoms with Crippen LogP contribution in [0.5, 0.6) is 0 Å². The molecule has 0 amide bonds. The molecule has 3 heterocycles. The van der Waals surface area contributed by atoms with Crippen LogP contribution in [0.2, 0.25) is 5.02 Å². The molecule has 5 rings (SSSR count). The van der Waals surface area contributed by atoms with Gasteiger partial charge in [-0.15, -0.1) is 0 Å². The van der Waals surface area contributed by atoms with Crippen molar-refractivity contribution in [3.05, 3.63) is 46.6 Å². The van der Waals surface area contributed by atoms with Gasteiger partial charge in [0.15, 0.2) is 5.82 Å². The summed E-state index contributed by atoms with van der Waals surface area (Å²) in [4.78, 5) is 8.55. The summed E-state index contributed by atoms with van der Waals surface area (Å²) in [7, 11) is 0. The minimum atomic E-state index is -1.04. The Morgan fingerprint density at radius 3 is 2.67 bits per heavy atom. The first-order chi connectivity index (χ1) is 15.6. The summed E-state index contributed by atoms with van der Waals surface area (Å²) in [6.07, 6.45) is 4.50. The fraction of sp³-hybridized carbons (Fsp3) is 0.542. The molecule has 1 saturated carbocycles. The van der Waals surface area contributed by atoms with Crippen molar-refractivity contribution in [2.75, 3.05) is 35.8 Å². The van der Waals surface area contributed by atoms with Gasteiger partial charge < -0.3 is 9.62 Å². The van der Waals surface area contributed by atoms with Gasteiger partial charge in [0.1, 0.15) is 16.5 Å². The van der Waals surface area contributed by atoms with Gasteiger partial charge in [0.05, 0.1) is 10.6 Å². The number of nitrogens with zero attached hydrogens (tertiary/aromatic N) is 3. The van der Waals surface area contributed by atoms with E-state index in [0.29, 0.717) is 35.5 Å². The number of nitrogens with one attached hydrogen (secondary N) is 1. The Morgan fingerprint density at radius 1 is 1.21 bits per heavy atom. The highest BCUT2D eigenvalue weighted by Crippen LogP contribution is 2.50. The molecule has 178 valence electrons. The van der Waals surface area contributed by atoms with Crippen molar-refractivity contribution >= 4 is 35.1 Å². The molecule has 9 heteroatoms. The zero-order chi connectivity index (χ0) is 23.4. The summed E-state index contributed by atoms with van der Waals surface area (Å²) in [5, 5.41) is 0.107. The van der Waals surface area contributed by atoms with E-state index < -0.39 is 17.4 Å². The van der Waals surface area contributed by atoms with Crippen LogP contribution in [0.15, 0.2) is 29.2 Å². The number of likely N-dealkylation sites (tertiary alicyclic amines) is 1. The molecule has 1 unspecified atom stereocenters. The topological polar surface area (TPSA) is 31.4 Å². The number of pyridine rings is 1. The van der Waals surface area contributed by atoms with E-state index in [9.17, 15) is 8.78 Å². The zero-order valence-corrected chi connectivity index (χ0v) is 20.4. The van der Waals surface area contributed by atoms with Crippen LogP contribution in [0.3, 0.4) is 0 Å². The molecule has 1 aromatic carbocycles. The lowest BCUT2D eigenvalue weighted by Gasteiger charge is -2.58. The van der Waals surface area contributed by atoms with E-state index in [0.717, 1.165) is 56.3 Å². The second-order valence-electron chi connectivity index (χ2n) is 10.1. The fourth-order valence-corrected chi connectivity index (χ4v) is 6.71. The molecular weight excluding hydrogens is 469 g/mol. The summed E-state index contributed by atoms with van der Waals surface area (Å²) in [5.74, 6) is -0.771. The lowest BCUT2D eigenvalue weighted by Crippen LogP contribution is -2.65. The third-order valence-corrected chi connectivity index (χ3v) is 8.57. The van der Waals surface area contributed by atoms with Crippen LogP contribution in [0.1, 0.15) is 38.2 Å². The van der Waals surface area contributed by atoms with Gasteiger partial charge in [-0.3, -0.25) is 4.90 Å². The molecule has 4 nitrogen and oxygen atoms in total. The Kier molecular flexibility index (Phi) is 5.98. The second-order valence-corrected chi connectivity index (χ2v) is 11.3. The largest absolute Gasteiger partial charge is 0.369 e. The van der Waals surface area contributed by atoms with Gasteiger partial charge in [0.25, 0.3) is 0 Å². The number of aromatic nitrogens is 1. The van der Waals surface area contributed by atoms with E-state index in [1.807, 2.05) is 13.0 Å². The molecule has 2 aromatic rings. The van der Waals surface area contributed by atoms with Crippen molar-refractivity contribution in [3.63, 3.8) is 0 Å². The molecule has 1 aliphatic carbocycles. The average Bonchev–Trinajstić information content (AvgIpc) is 2.73. The first-order valence-electron chi connectivity index (χ1n) is 11.4. The number of alkyl halides is 1. The first-order valence-corrected chi connectivity index (χ1v) is 12.6. The highest BCUT2D eigenvalue weighted by atomic mass is 35.5. The molecule has 1 atom stereocenters. The molecular formula is C24H28ClF3N4S. The van der Waals surface area contributed by atoms with Crippen molar-refractivity contribution in [2.45, 2.75) is 56.1 Å². The molecule has 2 aliphatic heterocycles. The minimum absolute atomic E-state index is 0.107. The molecule has 0 radical (unpaired) electrons. The van der Waals surface area contributed by atoms with Crippen LogP contribution in [0, 0.1) is 24.1 Å². The Labute approximate surface area is 202 Å². The van der Waals surface area contributed by atoms with Gasteiger partial charge in [0.2, 0.25) is 5.95 Å². The van der Waals surface area contributed by atoms with Crippen LogP contribution in [0.25, 0.3) is 0 Å². The number of benzene rings is 1. The molecule has 33 heavy (non-hydrogen) atoms. The Bertz CT molecular complexity index is 1050. The standard InChI is InChI=1S/C24H28ClF3N4S/c1-15-9-17(20(25)21(27)22(15)33-30-19-7-3-6-18(26)29-19)32-13-24(14-32)8-4-5-16(10-24)31-11-23(2,28)12-31/h3,6-7,9,16H,4-5,8,10-14H2,1-2H3,(H,29,30). The predicted octanol–water partition coefficient (Wildman–Crippen LogP) is 6.23. The van der Waals surface area contributed by atoms with Gasteiger partial charge in [-0.2, -0.15) is 4.39 Å². The number of rotatable bonds is 5. The number of aryl methyl sites for hydroxylation is 1. The van der Waals surface area contributed by atoms with E-state index in [4.69, 9.17) is 11.6 Å². The Balaban J connectivity index is 1.25. The molecule has 1 aromatic heterocycles. The maximum absolute atomic E-state index is 15.2. The Hall–Kier alpha value is -1.64. The van der Waals surface area contributed by atoms with Crippen LogP contribution < -0.4 is 9.62 Å². The van der Waals surface area contributed by atoms with Crippen molar-refractivity contribution in [3.8, 4) is 0 Å². The molecule has 1 N–H and O–H groups in total. The van der Waals surface area contributed by atoms with Crippen molar-refractivity contribution in [2.24, 2.45) is 5.41 Å². The second kappa shape index (κ2) is 8.54. The number of halogens is 4. The summed E-state index contributed by atoms with van der Waals surface area (Å²) >= 11 is 7.51. The predicted molar refractivity (Wildman–Crippen MR) is 128 cm³/mol. The minimum Gasteiger partial charge on any atom is -0.369 e. The van der Waals surface area contributed by atoms with E-state index >= 15 is 4.39 Å². The molecule has 3 aliphatic rings. The number of hydrogen-bond donors (Lipinski definition) is 1. The molecule has 2 saturated heterocycles. The lowest BCUT2D eigenvalue weighted by atomic mass is 9.66. The first kappa shape index (κ1) is 23.1. The molecule has 1 spiro atoms. The fourth-order valence-electron chi connectivity index (χ4n) is 5.65. The summed E-state index contributed by atoms with van der Waals surface area (Å²) in [6.45, 7) is 6.29. The van der Waals surface area contributed by atoms with E-state index in [1.165, 1.54) is 12.1 Å². The van der Waals surface area contributed by atoms with E-state index in [1.54, 1.807) is 13.0 Å². The summed E-state index contributed by atoms with van der Waals surface area (Å²) in [5.41, 5.74) is 0.633. The van der Waals surface area contributed by atoms with Gasteiger partial charge in [-0.1, -0.05) is 24.1 Å². The molecule has 0 bridgehead atoms. The normalized spacial score (nSPS) is 23.8. The van der Waals surface area contributed by atoms with Gasteiger partial charge in [-0.05, 0) is 68.8 Å². The monoisotopic (exact) mass is 496 g/mol. The maximum Gasteiger partial charge on any atom is 0.214 e. The smallest absolute Gasteiger partial charge is 0.214 e. The highest BCUT2D eigenvalue weighted by Gasteiger charge is 2.50. The lowest BCUT2D eigenvalue weighted by molar-refractivity contribution is -0.0707. The van der Waals surface area contributed by atoms with Gasteiger partial charge in [-0.25, -0.2) is 13.8 Å². The number of hydrogen-bond acceptors (Lipinski definition) is 5. The number of anilines is 2.